The molecule has 2 rings (SSSR count). The summed E-state index contributed by atoms with van der Waals surface area (Å²) in [5, 5.41) is 9.35. The largest absolute Gasteiger partial charge is 0.508 e. The smallest absolute Gasteiger partial charge is 0.115 e. The Bertz CT molecular complexity index is 556. The first kappa shape index (κ1) is 12.5. The molecule has 0 radical (unpaired) electrons. The molecule has 0 saturated heterocycles. The minimum Gasteiger partial charge on any atom is -0.508 e. The molecule has 0 heterocycles. The van der Waals surface area contributed by atoms with Crippen LogP contribution < -0.4 is 5.73 Å². The molecule has 0 aromatic heterocycles. The average Bonchev–Trinajstić information content (AvgIpc) is 2.31. The Balaban J connectivity index is 2.63. The van der Waals surface area contributed by atoms with Gasteiger partial charge >= 0.3 is 0 Å². The standard InChI is InChI=1S/C16H19NO/c1-10(2)14-8-9-15(17)16(11(14)3)12-4-6-13(18)7-5-12/h4-10,18H,17H2,1-3H3. The molecule has 3 N–H and O–H groups in total. The van der Waals surface area contributed by atoms with E-state index in [1.54, 1.807) is 12.1 Å². The predicted molar refractivity (Wildman–Crippen MR) is 76.8 cm³/mol. The Morgan fingerprint density at radius 3 is 2.17 bits per heavy atom. The van der Waals surface area contributed by atoms with Gasteiger partial charge in [-0.1, -0.05) is 32.0 Å². The predicted octanol–water partition coefficient (Wildman–Crippen LogP) is 4.07. The first-order chi connectivity index (χ1) is 8.50. The lowest BCUT2D eigenvalue weighted by molar-refractivity contribution is 0.475. The Morgan fingerprint density at radius 2 is 1.61 bits per heavy atom. The van der Waals surface area contributed by atoms with Gasteiger partial charge in [0, 0.05) is 11.3 Å². The van der Waals surface area contributed by atoms with Crippen molar-refractivity contribution in [2.75, 3.05) is 5.73 Å². The second kappa shape index (κ2) is 4.73. The Morgan fingerprint density at radius 1 is 1.00 bits per heavy atom. The quantitative estimate of drug-likeness (QED) is 0.778. The van der Waals surface area contributed by atoms with E-state index in [9.17, 15) is 5.11 Å². The number of nitrogens with two attached hydrogens (primary N) is 1. The van der Waals surface area contributed by atoms with Crippen LogP contribution >= 0.6 is 0 Å². The molecule has 0 aliphatic rings. The van der Waals surface area contributed by atoms with Crippen LogP contribution in [0.5, 0.6) is 5.75 Å². The van der Waals surface area contributed by atoms with Crippen LogP contribution in [0.25, 0.3) is 11.1 Å². The lowest BCUT2D eigenvalue weighted by Gasteiger charge is -2.16. The highest BCUT2D eigenvalue weighted by Crippen LogP contribution is 2.34. The number of phenols is 1. The maximum Gasteiger partial charge on any atom is 0.115 e. The molecule has 0 saturated carbocycles. The molecule has 0 aliphatic carbocycles. The average molecular weight is 241 g/mol. The van der Waals surface area contributed by atoms with Crippen LogP contribution in [0, 0.1) is 6.92 Å². The highest BCUT2D eigenvalue weighted by atomic mass is 16.3. The molecule has 2 aromatic rings. The number of rotatable bonds is 2. The molecule has 0 fully saturated rings. The third kappa shape index (κ3) is 2.19. The van der Waals surface area contributed by atoms with E-state index in [0.717, 1.165) is 16.8 Å². The van der Waals surface area contributed by atoms with Crippen LogP contribution in [0.15, 0.2) is 36.4 Å². The minimum atomic E-state index is 0.273. The maximum atomic E-state index is 9.35. The zero-order valence-corrected chi connectivity index (χ0v) is 11.1. The summed E-state index contributed by atoms with van der Waals surface area (Å²) in [5.74, 6) is 0.747. The molecule has 18 heavy (non-hydrogen) atoms. The zero-order valence-electron chi connectivity index (χ0n) is 11.1. The van der Waals surface area contributed by atoms with Gasteiger partial charge in [-0.2, -0.15) is 0 Å². The maximum absolute atomic E-state index is 9.35. The van der Waals surface area contributed by atoms with Crippen molar-refractivity contribution >= 4 is 5.69 Å². The first-order valence-corrected chi connectivity index (χ1v) is 6.19. The molecule has 94 valence electrons. The highest BCUT2D eigenvalue weighted by Gasteiger charge is 2.12. The summed E-state index contributed by atoms with van der Waals surface area (Å²) in [5.41, 5.74) is 11.5. The summed E-state index contributed by atoms with van der Waals surface area (Å²) in [4.78, 5) is 0. The lowest BCUT2D eigenvalue weighted by Crippen LogP contribution is -1.99. The normalized spacial score (nSPS) is 10.9. The van der Waals surface area contributed by atoms with Crippen LogP contribution in [-0.2, 0) is 0 Å². The molecule has 0 atom stereocenters. The summed E-state index contributed by atoms with van der Waals surface area (Å²) in [6.07, 6.45) is 0. The molecule has 0 amide bonds. The topological polar surface area (TPSA) is 46.2 Å². The van der Waals surface area contributed by atoms with E-state index in [-0.39, 0.29) is 5.75 Å². The number of aromatic hydroxyl groups is 1. The van der Waals surface area contributed by atoms with Gasteiger partial charge in [-0.25, -0.2) is 0 Å². The molecule has 2 nitrogen and oxygen atoms in total. The molecular formula is C16H19NO. The van der Waals surface area contributed by atoms with Crippen molar-refractivity contribution in [3.8, 4) is 16.9 Å². The van der Waals surface area contributed by atoms with E-state index in [1.807, 2.05) is 18.2 Å². The number of phenolic OH excluding ortho intramolecular Hbond substituents is 1. The fourth-order valence-corrected chi connectivity index (χ4v) is 2.39. The molecular weight excluding hydrogens is 222 g/mol. The number of nitrogen functional groups attached to an aromatic ring is 1. The van der Waals surface area contributed by atoms with Gasteiger partial charge in [0.1, 0.15) is 5.75 Å². The van der Waals surface area contributed by atoms with Gasteiger partial charge in [0.25, 0.3) is 0 Å². The second-order valence-corrected chi connectivity index (χ2v) is 4.95. The van der Waals surface area contributed by atoms with Gasteiger partial charge in [-0.15, -0.1) is 0 Å². The summed E-state index contributed by atoms with van der Waals surface area (Å²) in [7, 11) is 0. The molecule has 0 spiro atoms. The Hall–Kier alpha value is -1.96. The Labute approximate surface area is 108 Å². The summed E-state index contributed by atoms with van der Waals surface area (Å²) in [6, 6.07) is 11.2. The van der Waals surface area contributed by atoms with Crippen LogP contribution in [-0.4, -0.2) is 5.11 Å². The molecule has 0 bridgehead atoms. The van der Waals surface area contributed by atoms with Crippen molar-refractivity contribution in [1.82, 2.24) is 0 Å². The van der Waals surface area contributed by atoms with Crippen molar-refractivity contribution in [3.63, 3.8) is 0 Å². The third-order valence-corrected chi connectivity index (χ3v) is 3.32. The van der Waals surface area contributed by atoms with Crippen LogP contribution in [0.4, 0.5) is 5.69 Å². The van der Waals surface area contributed by atoms with Crippen molar-refractivity contribution in [2.45, 2.75) is 26.7 Å². The van der Waals surface area contributed by atoms with E-state index in [4.69, 9.17) is 5.73 Å². The summed E-state index contributed by atoms with van der Waals surface area (Å²) >= 11 is 0. The summed E-state index contributed by atoms with van der Waals surface area (Å²) < 4.78 is 0. The van der Waals surface area contributed by atoms with Crippen molar-refractivity contribution in [1.29, 1.82) is 0 Å². The van der Waals surface area contributed by atoms with Gasteiger partial charge < -0.3 is 10.8 Å². The van der Waals surface area contributed by atoms with E-state index in [1.165, 1.54) is 11.1 Å². The van der Waals surface area contributed by atoms with Crippen LogP contribution in [0.1, 0.15) is 30.9 Å². The van der Waals surface area contributed by atoms with E-state index >= 15 is 0 Å². The van der Waals surface area contributed by atoms with Crippen molar-refractivity contribution in [3.05, 3.63) is 47.5 Å². The Kier molecular flexibility index (Phi) is 3.28. The number of anilines is 1. The van der Waals surface area contributed by atoms with Gasteiger partial charge in [-0.3, -0.25) is 0 Å². The molecule has 0 unspecified atom stereocenters. The lowest BCUT2D eigenvalue weighted by atomic mass is 9.90. The number of hydrogen-bond donors (Lipinski definition) is 2. The molecule has 0 aliphatic heterocycles. The second-order valence-electron chi connectivity index (χ2n) is 4.95. The van der Waals surface area contributed by atoms with Crippen molar-refractivity contribution in [2.24, 2.45) is 0 Å². The van der Waals surface area contributed by atoms with E-state index in [0.29, 0.717) is 5.92 Å². The number of hydrogen-bond acceptors (Lipinski definition) is 2. The first-order valence-electron chi connectivity index (χ1n) is 6.19. The molecule has 2 heteroatoms. The highest BCUT2D eigenvalue weighted by molar-refractivity contribution is 5.80. The van der Waals surface area contributed by atoms with Crippen LogP contribution in [0.2, 0.25) is 0 Å². The van der Waals surface area contributed by atoms with E-state index < -0.39 is 0 Å². The van der Waals surface area contributed by atoms with Gasteiger partial charge in [0.15, 0.2) is 0 Å². The molecule has 2 aromatic carbocycles. The fourth-order valence-electron chi connectivity index (χ4n) is 2.39. The zero-order chi connectivity index (χ0) is 13.3. The van der Waals surface area contributed by atoms with Crippen molar-refractivity contribution < 1.29 is 5.11 Å². The van der Waals surface area contributed by atoms with Crippen LogP contribution in [0.3, 0.4) is 0 Å². The van der Waals surface area contributed by atoms with Gasteiger partial charge in [-0.05, 0) is 47.7 Å². The third-order valence-electron chi connectivity index (χ3n) is 3.32. The van der Waals surface area contributed by atoms with Gasteiger partial charge in [0.05, 0.1) is 0 Å². The fraction of sp³-hybridized carbons (Fsp3) is 0.250. The summed E-state index contributed by atoms with van der Waals surface area (Å²) in [6.45, 7) is 6.46. The van der Waals surface area contributed by atoms with E-state index in [2.05, 4.69) is 26.8 Å². The minimum absolute atomic E-state index is 0.273. The van der Waals surface area contributed by atoms with Gasteiger partial charge in [0.2, 0.25) is 0 Å². The number of benzene rings is 2. The SMILES string of the molecule is Cc1c(C(C)C)ccc(N)c1-c1ccc(O)cc1. The monoisotopic (exact) mass is 241 g/mol.